The molecule has 18 heavy (non-hydrogen) atoms. The number of rotatable bonds is 3. The summed E-state index contributed by atoms with van der Waals surface area (Å²) in [5.74, 6) is -0.402. The predicted molar refractivity (Wildman–Crippen MR) is 63.6 cm³/mol. The van der Waals surface area contributed by atoms with Gasteiger partial charge in [-0.05, 0) is 6.42 Å². The number of hydrogen-bond acceptors (Lipinski definition) is 4. The van der Waals surface area contributed by atoms with Gasteiger partial charge in [-0.1, -0.05) is 6.92 Å². The van der Waals surface area contributed by atoms with Crippen LogP contribution in [0, 0.1) is 0 Å². The van der Waals surface area contributed by atoms with Crippen molar-refractivity contribution in [2.45, 2.75) is 38.8 Å². The van der Waals surface area contributed by atoms with Crippen LogP contribution >= 0.6 is 0 Å². The molecule has 0 bridgehead atoms. The molecule has 1 amide bonds. The summed E-state index contributed by atoms with van der Waals surface area (Å²) in [5.41, 5.74) is 1.74. The third-order valence-electron chi connectivity index (χ3n) is 3.16. The standard InChI is InChI=1S/C12H17N3O3/c1-3-4-11(16)15-6-9-8(13-7-14-9)5-10(15)12(17)18-2/h7,10H,3-6H2,1-2H3,(H,13,14). The van der Waals surface area contributed by atoms with Crippen LogP contribution in [0.25, 0.3) is 0 Å². The summed E-state index contributed by atoms with van der Waals surface area (Å²) in [7, 11) is 1.34. The lowest BCUT2D eigenvalue weighted by molar-refractivity contribution is -0.154. The second-order valence-electron chi connectivity index (χ2n) is 4.34. The number of aromatic nitrogens is 2. The number of methoxy groups -OCH3 is 1. The van der Waals surface area contributed by atoms with Crippen molar-refractivity contribution in [1.82, 2.24) is 14.9 Å². The highest BCUT2D eigenvalue weighted by atomic mass is 16.5. The number of fused-ring (bicyclic) bond motifs is 1. The Morgan fingerprint density at radius 3 is 3.06 bits per heavy atom. The lowest BCUT2D eigenvalue weighted by Gasteiger charge is -2.33. The van der Waals surface area contributed by atoms with Gasteiger partial charge in [0, 0.05) is 12.8 Å². The van der Waals surface area contributed by atoms with E-state index in [2.05, 4.69) is 9.97 Å². The van der Waals surface area contributed by atoms with Gasteiger partial charge >= 0.3 is 5.97 Å². The molecular formula is C12H17N3O3. The number of carbonyl (C=O) groups excluding carboxylic acids is 2. The molecule has 1 aliphatic heterocycles. The topological polar surface area (TPSA) is 75.3 Å². The molecule has 0 aromatic carbocycles. The van der Waals surface area contributed by atoms with E-state index in [4.69, 9.17) is 4.74 Å². The minimum Gasteiger partial charge on any atom is -0.467 e. The van der Waals surface area contributed by atoms with Gasteiger partial charge in [0.05, 0.1) is 31.4 Å². The van der Waals surface area contributed by atoms with Gasteiger partial charge in [-0.15, -0.1) is 0 Å². The Morgan fingerprint density at radius 2 is 2.39 bits per heavy atom. The fourth-order valence-electron chi connectivity index (χ4n) is 2.20. The minimum absolute atomic E-state index is 0.0202. The lowest BCUT2D eigenvalue weighted by Crippen LogP contribution is -2.49. The van der Waals surface area contributed by atoms with Crippen LogP contribution in [0.1, 0.15) is 31.2 Å². The van der Waals surface area contributed by atoms with E-state index in [1.54, 1.807) is 11.2 Å². The Bertz CT molecular complexity index is 455. The van der Waals surface area contributed by atoms with E-state index in [1.807, 2.05) is 6.92 Å². The number of nitrogens with one attached hydrogen (secondary N) is 1. The molecule has 98 valence electrons. The smallest absolute Gasteiger partial charge is 0.329 e. The Morgan fingerprint density at radius 1 is 1.61 bits per heavy atom. The fraction of sp³-hybridized carbons (Fsp3) is 0.583. The molecule has 1 N–H and O–H groups in total. The summed E-state index contributed by atoms with van der Waals surface area (Å²) >= 11 is 0. The maximum atomic E-state index is 12.0. The molecule has 0 radical (unpaired) electrons. The van der Waals surface area contributed by atoms with E-state index in [1.165, 1.54) is 7.11 Å². The van der Waals surface area contributed by atoms with Crippen LogP contribution in [0.2, 0.25) is 0 Å². The first-order chi connectivity index (χ1) is 8.67. The first kappa shape index (κ1) is 12.6. The van der Waals surface area contributed by atoms with Gasteiger partial charge in [-0.2, -0.15) is 0 Å². The van der Waals surface area contributed by atoms with E-state index in [0.717, 1.165) is 17.8 Å². The highest BCUT2D eigenvalue weighted by Crippen LogP contribution is 2.22. The molecular weight excluding hydrogens is 234 g/mol. The Hall–Kier alpha value is -1.85. The zero-order valence-corrected chi connectivity index (χ0v) is 10.6. The molecule has 2 rings (SSSR count). The lowest BCUT2D eigenvalue weighted by atomic mass is 10.0. The van der Waals surface area contributed by atoms with Crippen molar-refractivity contribution in [3.8, 4) is 0 Å². The molecule has 1 aromatic rings. The summed E-state index contributed by atoms with van der Waals surface area (Å²) in [6, 6.07) is -0.551. The van der Waals surface area contributed by atoms with Crippen molar-refractivity contribution in [3.05, 3.63) is 17.7 Å². The van der Waals surface area contributed by atoms with Gasteiger partial charge in [-0.25, -0.2) is 9.78 Å². The maximum absolute atomic E-state index is 12.0. The molecule has 0 saturated heterocycles. The second-order valence-corrected chi connectivity index (χ2v) is 4.34. The monoisotopic (exact) mass is 251 g/mol. The number of nitrogens with zero attached hydrogens (tertiary/aromatic N) is 2. The largest absolute Gasteiger partial charge is 0.467 e. The summed E-state index contributed by atoms with van der Waals surface area (Å²) in [4.78, 5) is 32.6. The Kier molecular flexibility index (Phi) is 3.64. The van der Waals surface area contributed by atoms with Crippen LogP contribution in [0.15, 0.2) is 6.33 Å². The number of esters is 1. The Labute approximate surface area is 105 Å². The van der Waals surface area contributed by atoms with Crippen molar-refractivity contribution in [1.29, 1.82) is 0 Å². The third-order valence-corrected chi connectivity index (χ3v) is 3.16. The second kappa shape index (κ2) is 5.20. The quantitative estimate of drug-likeness (QED) is 0.800. The number of hydrogen-bond donors (Lipinski definition) is 1. The summed E-state index contributed by atoms with van der Waals surface area (Å²) in [6.07, 6.45) is 3.21. The van der Waals surface area contributed by atoms with Crippen molar-refractivity contribution in [3.63, 3.8) is 0 Å². The molecule has 1 aromatic heterocycles. The summed E-state index contributed by atoms with van der Waals surface area (Å²) in [5, 5.41) is 0. The van der Waals surface area contributed by atoms with E-state index >= 15 is 0 Å². The number of ether oxygens (including phenoxy) is 1. The van der Waals surface area contributed by atoms with E-state index in [0.29, 0.717) is 19.4 Å². The van der Waals surface area contributed by atoms with Crippen LogP contribution in [0.5, 0.6) is 0 Å². The SMILES string of the molecule is CCCC(=O)N1Cc2[nH]cnc2CC1C(=O)OC. The van der Waals surface area contributed by atoms with Crippen molar-refractivity contribution in [2.75, 3.05) is 7.11 Å². The predicted octanol–water partition coefficient (Wildman–Crippen LogP) is 0.636. The molecule has 1 atom stereocenters. The zero-order valence-electron chi connectivity index (χ0n) is 10.6. The number of carbonyl (C=O) groups is 2. The first-order valence-electron chi connectivity index (χ1n) is 6.05. The zero-order chi connectivity index (χ0) is 13.1. The number of imidazole rings is 1. The number of aromatic amines is 1. The van der Waals surface area contributed by atoms with E-state index in [-0.39, 0.29) is 11.9 Å². The average Bonchev–Trinajstić information content (AvgIpc) is 2.83. The van der Waals surface area contributed by atoms with Crippen molar-refractivity contribution in [2.24, 2.45) is 0 Å². The van der Waals surface area contributed by atoms with Gasteiger partial charge in [0.1, 0.15) is 6.04 Å². The minimum atomic E-state index is -0.551. The van der Waals surface area contributed by atoms with Gasteiger partial charge in [0.25, 0.3) is 0 Å². The molecule has 6 heteroatoms. The van der Waals surface area contributed by atoms with Crippen molar-refractivity contribution < 1.29 is 14.3 Å². The molecule has 6 nitrogen and oxygen atoms in total. The van der Waals surface area contributed by atoms with Crippen LogP contribution < -0.4 is 0 Å². The highest BCUT2D eigenvalue weighted by Gasteiger charge is 2.36. The molecule has 2 heterocycles. The van der Waals surface area contributed by atoms with E-state index < -0.39 is 6.04 Å². The molecule has 0 fully saturated rings. The van der Waals surface area contributed by atoms with Crippen LogP contribution in [-0.2, 0) is 27.3 Å². The molecule has 0 saturated carbocycles. The van der Waals surface area contributed by atoms with Gasteiger partial charge in [0.2, 0.25) is 5.91 Å². The molecule has 0 aliphatic carbocycles. The van der Waals surface area contributed by atoms with Crippen molar-refractivity contribution >= 4 is 11.9 Å². The normalized spacial score (nSPS) is 18.3. The molecule has 0 spiro atoms. The number of amides is 1. The summed E-state index contributed by atoms with van der Waals surface area (Å²) < 4.78 is 4.77. The van der Waals surface area contributed by atoms with Crippen LogP contribution in [-0.4, -0.2) is 39.9 Å². The first-order valence-corrected chi connectivity index (χ1v) is 6.05. The van der Waals surface area contributed by atoms with Gasteiger partial charge in [-0.3, -0.25) is 4.79 Å². The van der Waals surface area contributed by atoms with E-state index in [9.17, 15) is 9.59 Å². The van der Waals surface area contributed by atoms with Crippen LogP contribution in [0.4, 0.5) is 0 Å². The highest BCUT2D eigenvalue weighted by molar-refractivity contribution is 5.85. The number of H-pyrrole nitrogens is 1. The van der Waals surface area contributed by atoms with Gasteiger partial charge in [0.15, 0.2) is 0 Å². The molecule has 1 unspecified atom stereocenters. The summed E-state index contributed by atoms with van der Waals surface area (Å²) in [6.45, 7) is 2.34. The third kappa shape index (κ3) is 2.23. The fourth-order valence-corrected chi connectivity index (χ4v) is 2.20. The Balaban J connectivity index is 2.24. The van der Waals surface area contributed by atoms with Gasteiger partial charge < -0.3 is 14.6 Å². The maximum Gasteiger partial charge on any atom is 0.329 e. The van der Waals surface area contributed by atoms with Crippen LogP contribution in [0.3, 0.4) is 0 Å². The average molecular weight is 251 g/mol. The molecule has 1 aliphatic rings.